The van der Waals surface area contributed by atoms with E-state index >= 15 is 0 Å². The lowest BCUT2D eigenvalue weighted by Gasteiger charge is -2.12. The van der Waals surface area contributed by atoms with Crippen LogP contribution in [0.2, 0.25) is 0 Å². The summed E-state index contributed by atoms with van der Waals surface area (Å²) in [5, 5.41) is 30.3. The van der Waals surface area contributed by atoms with Crippen LogP contribution in [-0.2, 0) is 27.2 Å². The summed E-state index contributed by atoms with van der Waals surface area (Å²) in [7, 11) is 1.27. The maximum absolute atomic E-state index is 11.9. The first kappa shape index (κ1) is 25.4. The minimum atomic E-state index is -1.04. The Labute approximate surface area is 178 Å². The first-order valence-electron chi connectivity index (χ1n) is 10.2. The number of rotatable bonds is 11. The van der Waals surface area contributed by atoms with E-state index in [-0.39, 0.29) is 29.6 Å². The summed E-state index contributed by atoms with van der Waals surface area (Å²) in [4.78, 5) is 23.3. The third-order valence-electron chi connectivity index (χ3n) is 4.86. The third-order valence-corrected chi connectivity index (χ3v) is 4.86. The average molecular weight is 419 g/mol. The number of carbonyl (C=O) groups excluding carboxylic acids is 2. The molecule has 30 heavy (non-hydrogen) atoms. The molecule has 1 atom stereocenters. The molecule has 6 heteroatoms. The van der Waals surface area contributed by atoms with Gasteiger partial charge in [-0.2, -0.15) is 0 Å². The number of methoxy groups -OCH3 is 1. The summed E-state index contributed by atoms with van der Waals surface area (Å²) in [6, 6.07) is 2.84. The summed E-state index contributed by atoms with van der Waals surface area (Å²) in [5.41, 5.74) is 2.62. The number of ketones is 1. The second-order valence-electron chi connectivity index (χ2n) is 8.07. The summed E-state index contributed by atoms with van der Waals surface area (Å²) in [6.07, 6.45) is 4.92. The standard InChI is InChI=1S/C24H34O6/c1-15(2)11-22(27)24(29)17(4)8-6-7-16(3)9-10-18-12-21(26)19(13-20(18)25)14-23(28)30-5/h8-9,12-13,15,24-26,29H,6-7,10-11,14H2,1-5H3/b16-9+,17-8+/t24-/m1/s1. The number of Topliss-reactive ketones (excluding diaryl/α,β-unsaturated/α-hetero) is 1. The number of hydrogen-bond acceptors (Lipinski definition) is 6. The second-order valence-corrected chi connectivity index (χ2v) is 8.07. The molecular weight excluding hydrogens is 384 g/mol. The van der Waals surface area contributed by atoms with Crippen molar-refractivity contribution >= 4 is 11.8 Å². The van der Waals surface area contributed by atoms with Crippen LogP contribution < -0.4 is 0 Å². The van der Waals surface area contributed by atoms with Crippen LogP contribution in [0.3, 0.4) is 0 Å². The number of aliphatic hydroxyl groups is 1. The molecule has 1 rings (SSSR count). The van der Waals surface area contributed by atoms with Crippen molar-refractivity contribution in [2.75, 3.05) is 7.11 Å². The number of phenols is 2. The van der Waals surface area contributed by atoms with Crippen LogP contribution >= 0.6 is 0 Å². The maximum Gasteiger partial charge on any atom is 0.310 e. The van der Waals surface area contributed by atoms with Crippen LogP contribution in [-0.4, -0.2) is 40.3 Å². The molecule has 0 saturated carbocycles. The zero-order valence-corrected chi connectivity index (χ0v) is 18.6. The molecule has 1 aromatic rings. The molecule has 0 aliphatic carbocycles. The van der Waals surface area contributed by atoms with Crippen molar-refractivity contribution < 1.29 is 29.6 Å². The van der Waals surface area contributed by atoms with E-state index in [1.165, 1.54) is 19.2 Å². The quantitative estimate of drug-likeness (QED) is 0.285. The van der Waals surface area contributed by atoms with Gasteiger partial charge in [-0.25, -0.2) is 0 Å². The topological polar surface area (TPSA) is 104 Å². The fraction of sp³-hybridized carbons (Fsp3) is 0.500. The largest absolute Gasteiger partial charge is 0.508 e. The molecule has 0 bridgehead atoms. The minimum absolute atomic E-state index is 0.0123. The fourth-order valence-corrected chi connectivity index (χ4v) is 2.99. The van der Waals surface area contributed by atoms with Gasteiger partial charge in [-0.3, -0.25) is 9.59 Å². The van der Waals surface area contributed by atoms with Crippen LogP contribution in [0.4, 0.5) is 0 Å². The van der Waals surface area contributed by atoms with E-state index in [9.17, 15) is 24.9 Å². The smallest absolute Gasteiger partial charge is 0.310 e. The first-order valence-corrected chi connectivity index (χ1v) is 10.2. The van der Waals surface area contributed by atoms with E-state index in [1.807, 2.05) is 32.9 Å². The highest BCUT2D eigenvalue weighted by Gasteiger charge is 2.17. The van der Waals surface area contributed by atoms with E-state index in [2.05, 4.69) is 4.74 Å². The van der Waals surface area contributed by atoms with Gasteiger partial charge in [0.15, 0.2) is 5.78 Å². The van der Waals surface area contributed by atoms with Crippen LogP contribution in [0.1, 0.15) is 58.1 Å². The summed E-state index contributed by atoms with van der Waals surface area (Å²) in [5.74, 6) is -0.476. The number of esters is 1. The molecule has 0 aliphatic heterocycles. The van der Waals surface area contributed by atoms with Crippen molar-refractivity contribution in [3.05, 3.63) is 46.6 Å². The highest BCUT2D eigenvalue weighted by atomic mass is 16.5. The molecule has 0 unspecified atom stereocenters. The Morgan fingerprint density at radius 2 is 1.67 bits per heavy atom. The van der Waals surface area contributed by atoms with Gasteiger partial charge < -0.3 is 20.1 Å². The average Bonchev–Trinajstić information content (AvgIpc) is 2.67. The number of benzene rings is 1. The fourth-order valence-electron chi connectivity index (χ4n) is 2.99. The maximum atomic E-state index is 11.9. The highest BCUT2D eigenvalue weighted by molar-refractivity contribution is 5.85. The number of phenolic OH excluding ortho intramolecular Hbond substituents is 2. The molecular formula is C24H34O6. The van der Waals surface area contributed by atoms with E-state index in [0.29, 0.717) is 36.0 Å². The lowest BCUT2D eigenvalue weighted by Crippen LogP contribution is -2.22. The number of ether oxygens (including phenoxy) is 1. The van der Waals surface area contributed by atoms with Gasteiger partial charge in [0.25, 0.3) is 0 Å². The van der Waals surface area contributed by atoms with Crippen molar-refractivity contribution in [3.63, 3.8) is 0 Å². The highest BCUT2D eigenvalue weighted by Crippen LogP contribution is 2.29. The van der Waals surface area contributed by atoms with E-state index < -0.39 is 12.1 Å². The predicted octanol–water partition coefficient (Wildman–Crippen LogP) is 4.00. The summed E-state index contributed by atoms with van der Waals surface area (Å²) in [6.45, 7) is 7.62. The van der Waals surface area contributed by atoms with Gasteiger partial charge in [0.1, 0.15) is 17.6 Å². The van der Waals surface area contributed by atoms with E-state index in [1.54, 1.807) is 6.92 Å². The van der Waals surface area contributed by atoms with E-state index in [0.717, 1.165) is 12.0 Å². The van der Waals surface area contributed by atoms with Crippen LogP contribution in [0.5, 0.6) is 11.5 Å². The van der Waals surface area contributed by atoms with Gasteiger partial charge in [0.05, 0.1) is 13.5 Å². The molecule has 0 saturated heterocycles. The number of hydrogen-bond donors (Lipinski definition) is 3. The Morgan fingerprint density at radius 3 is 2.27 bits per heavy atom. The van der Waals surface area contributed by atoms with Crippen LogP contribution in [0, 0.1) is 5.92 Å². The summed E-state index contributed by atoms with van der Waals surface area (Å²) < 4.78 is 4.58. The summed E-state index contributed by atoms with van der Waals surface area (Å²) >= 11 is 0. The molecule has 1 aromatic carbocycles. The normalized spacial score (nSPS) is 13.4. The number of aliphatic hydroxyl groups excluding tert-OH is 1. The number of allylic oxidation sites excluding steroid dienone is 3. The third kappa shape index (κ3) is 8.41. The molecule has 0 heterocycles. The van der Waals surface area contributed by atoms with Gasteiger partial charge in [0.2, 0.25) is 0 Å². The molecule has 166 valence electrons. The van der Waals surface area contributed by atoms with Gasteiger partial charge >= 0.3 is 5.97 Å². The molecule has 0 aromatic heterocycles. The van der Waals surface area contributed by atoms with Crippen molar-refractivity contribution in [3.8, 4) is 11.5 Å². The molecule has 0 radical (unpaired) electrons. The zero-order valence-electron chi connectivity index (χ0n) is 18.6. The van der Waals surface area contributed by atoms with Crippen LogP contribution in [0.15, 0.2) is 35.4 Å². The number of aromatic hydroxyl groups is 2. The monoisotopic (exact) mass is 418 g/mol. The van der Waals surface area contributed by atoms with Crippen molar-refractivity contribution in [1.29, 1.82) is 0 Å². The van der Waals surface area contributed by atoms with Gasteiger partial charge in [-0.1, -0.05) is 31.6 Å². The lowest BCUT2D eigenvalue weighted by molar-refractivity contribution is -0.139. The molecule has 0 amide bonds. The minimum Gasteiger partial charge on any atom is -0.508 e. The zero-order chi connectivity index (χ0) is 22.8. The van der Waals surface area contributed by atoms with Crippen molar-refractivity contribution in [2.24, 2.45) is 5.92 Å². The second kappa shape index (κ2) is 12.2. The Bertz CT molecular complexity index is 804. The predicted molar refractivity (Wildman–Crippen MR) is 116 cm³/mol. The van der Waals surface area contributed by atoms with Gasteiger partial charge in [-0.15, -0.1) is 0 Å². The van der Waals surface area contributed by atoms with Crippen LogP contribution in [0.25, 0.3) is 0 Å². The molecule has 0 spiro atoms. The van der Waals surface area contributed by atoms with E-state index in [4.69, 9.17) is 0 Å². The van der Waals surface area contributed by atoms with Gasteiger partial charge in [-0.05, 0) is 56.7 Å². The molecule has 6 nitrogen and oxygen atoms in total. The lowest BCUT2D eigenvalue weighted by atomic mass is 9.98. The first-order chi connectivity index (χ1) is 14.0. The SMILES string of the molecule is COC(=O)Cc1cc(O)c(C/C=C(\C)CC/C=C(\C)[C@@H](O)C(=O)CC(C)C)cc1O. The Hall–Kier alpha value is -2.60. The molecule has 3 N–H and O–H groups in total. The Kier molecular flexibility index (Phi) is 10.3. The van der Waals surface area contributed by atoms with Gasteiger partial charge in [0, 0.05) is 17.5 Å². The number of carbonyl (C=O) groups is 2. The van der Waals surface area contributed by atoms with Crippen molar-refractivity contribution in [2.45, 2.75) is 65.9 Å². The van der Waals surface area contributed by atoms with Crippen molar-refractivity contribution in [1.82, 2.24) is 0 Å². The Morgan fingerprint density at radius 1 is 1.07 bits per heavy atom. The molecule has 0 aliphatic rings. The Balaban J connectivity index is 2.66. The molecule has 0 fully saturated rings.